The number of fused-ring (bicyclic) bond motifs is 5. The van der Waals surface area contributed by atoms with Crippen molar-refractivity contribution in [3.05, 3.63) is 0 Å². The second kappa shape index (κ2) is 9.80. The molecule has 0 heterocycles. The molecule has 190 valence electrons. The summed E-state index contributed by atoms with van der Waals surface area (Å²) in [6, 6.07) is 0. The van der Waals surface area contributed by atoms with E-state index < -0.39 is 0 Å². The number of esters is 1. The molecule has 0 radical (unpaired) electrons. The van der Waals surface area contributed by atoms with E-state index in [1.165, 1.54) is 25.7 Å². The van der Waals surface area contributed by atoms with Crippen molar-refractivity contribution < 1.29 is 19.7 Å². The lowest BCUT2D eigenvalue weighted by molar-refractivity contribution is -0.204. The smallest absolute Gasteiger partial charge is 0.305 e. The maximum absolute atomic E-state index is 12.0. The predicted octanol–water partition coefficient (Wildman–Crippen LogP) is 5.98. The highest BCUT2D eigenvalue weighted by Crippen LogP contribution is 2.69. The van der Waals surface area contributed by atoms with E-state index in [0.29, 0.717) is 54.5 Å². The molecule has 4 saturated carbocycles. The highest BCUT2D eigenvalue weighted by Gasteiger charge is 2.64. The molecule has 4 rings (SSSR count). The van der Waals surface area contributed by atoms with Gasteiger partial charge in [0.15, 0.2) is 0 Å². The molecule has 0 bridgehead atoms. The van der Waals surface area contributed by atoms with Gasteiger partial charge in [-0.05, 0) is 117 Å². The number of rotatable bonds is 7. The van der Waals surface area contributed by atoms with E-state index in [-0.39, 0.29) is 29.0 Å². The minimum absolute atomic E-state index is 0.0590. The van der Waals surface area contributed by atoms with Crippen LogP contribution in [-0.4, -0.2) is 35.0 Å². The zero-order chi connectivity index (χ0) is 24.0. The summed E-state index contributed by atoms with van der Waals surface area (Å²) in [7, 11) is 0. The lowest BCUT2D eigenvalue weighted by atomic mass is 9.41. The zero-order valence-electron chi connectivity index (χ0n) is 21.9. The Morgan fingerprint density at radius 3 is 2.39 bits per heavy atom. The molecule has 33 heavy (non-hydrogen) atoms. The molecule has 4 aliphatic rings. The molecule has 4 nitrogen and oxygen atoms in total. The Kier molecular flexibility index (Phi) is 7.57. The third kappa shape index (κ3) is 4.30. The average molecular weight is 463 g/mol. The van der Waals surface area contributed by atoms with Crippen LogP contribution < -0.4 is 0 Å². The first-order valence-corrected chi connectivity index (χ1v) is 14.2. The Morgan fingerprint density at radius 1 is 1.00 bits per heavy atom. The second-order valence-corrected chi connectivity index (χ2v) is 12.8. The Labute approximate surface area is 202 Å². The van der Waals surface area contributed by atoms with Crippen LogP contribution in [0.25, 0.3) is 0 Å². The number of aliphatic hydroxyl groups excluding tert-OH is 2. The minimum atomic E-state index is -0.225. The summed E-state index contributed by atoms with van der Waals surface area (Å²) in [5.74, 6) is 3.46. The van der Waals surface area contributed by atoms with E-state index in [1.807, 2.05) is 6.92 Å². The van der Waals surface area contributed by atoms with Gasteiger partial charge in [-0.1, -0.05) is 34.1 Å². The number of ether oxygens (including phenoxy) is 1. The van der Waals surface area contributed by atoms with Gasteiger partial charge >= 0.3 is 5.97 Å². The molecule has 4 heteroatoms. The summed E-state index contributed by atoms with van der Waals surface area (Å²) < 4.78 is 5.19. The first-order valence-electron chi connectivity index (χ1n) is 14.2. The summed E-state index contributed by atoms with van der Waals surface area (Å²) in [4.78, 5) is 12.0. The van der Waals surface area contributed by atoms with Gasteiger partial charge in [-0.2, -0.15) is 0 Å². The first kappa shape index (κ1) is 25.5. The molecular weight excluding hydrogens is 412 g/mol. The lowest BCUT2D eigenvalue weighted by Crippen LogP contribution is -2.62. The third-order valence-electron chi connectivity index (χ3n) is 11.4. The number of aliphatic hydroxyl groups is 2. The highest BCUT2D eigenvalue weighted by atomic mass is 16.5. The van der Waals surface area contributed by atoms with Gasteiger partial charge in [0.25, 0.3) is 0 Å². The van der Waals surface area contributed by atoms with Gasteiger partial charge < -0.3 is 14.9 Å². The number of carbonyl (C=O) groups is 1. The number of hydrogen-bond acceptors (Lipinski definition) is 4. The Bertz CT molecular complexity index is 693. The summed E-state index contributed by atoms with van der Waals surface area (Å²) in [6.07, 6.45) is 11.1. The van der Waals surface area contributed by atoms with Crippen LogP contribution in [0.5, 0.6) is 0 Å². The van der Waals surface area contributed by atoms with Gasteiger partial charge in [0.2, 0.25) is 0 Å². The third-order valence-corrected chi connectivity index (χ3v) is 11.4. The molecule has 0 amide bonds. The molecule has 0 spiro atoms. The molecule has 4 fully saturated rings. The first-order chi connectivity index (χ1) is 15.7. The van der Waals surface area contributed by atoms with E-state index >= 15 is 0 Å². The van der Waals surface area contributed by atoms with Crippen molar-refractivity contribution in [2.45, 2.75) is 117 Å². The number of hydrogen-bond donors (Lipinski definition) is 2. The molecular formula is C29H50O4. The lowest BCUT2D eigenvalue weighted by Gasteiger charge is -2.65. The van der Waals surface area contributed by atoms with E-state index in [0.717, 1.165) is 38.5 Å². The minimum Gasteiger partial charge on any atom is -0.466 e. The van der Waals surface area contributed by atoms with Crippen molar-refractivity contribution in [1.29, 1.82) is 0 Å². The SMILES string of the molecule is CCC[C@@H]1[C@@H](O)C2C3CC[C@H]([C@H](C)CCC(=O)OCC)[C@@]3(C)CCC2[C@@]2(C)CCC(O)C[C@@H]12. The molecule has 2 N–H and O–H groups in total. The molecule has 4 aliphatic carbocycles. The van der Waals surface area contributed by atoms with Crippen molar-refractivity contribution in [2.24, 2.45) is 52.3 Å². The van der Waals surface area contributed by atoms with E-state index in [9.17, 15) is 15.0 Å². The fourth-order valence-electron chi connectivity index (χ4n) is 9.89. The molecule has 0 saturated heterocycles. The van der Waals surface area contributed by atoms with Crippen LogP contribution in [-0.2, 0) is 9.53 Å². The number of carbonyl (C=O) groups excluding carboxylic acids is 1. The van der Waals surface area contributed by atoms with Gasteiger partial charge in [0.05, 0.1) is 18.8 Å². The Balaban J connectivity index is 1.56. The van der Waals surface area contributed by atoms with Crippen LogP contribution >= 0.6 is 0 Å². The molecule has 4 unspecified atom stereocenters. The van der Waals surface area contributed by atoms with Crippen LogP contribution in [0.15, 0.2) is 0 Å². The average Bonchev–Trinajstić information content (AvgIpc) is 3.13. The quantitative estimate of drug-likeness (QED) is 0.457. The van der Waals surface area contributed by atoms with Gasteiger partial charge in [0.1, 0.15) is 0 Å². The maximum Gasteiger partial charge on any atom is 0.305 e. The normalized spacial score (nSPS) is 47.8. The predicted molar refractivity (Wildman–Crippen MR) is 131 cm³/mol. The Morgan fingerprint density at radius 2 is 1.70 bits per heavy atom. The summed E-state index contributed by atoms with van der Waals surface area (Å²) in [5, 5.41) is 22.4. The summed E-state index contributed by atoms with van der Waals surface area (Å²) >= 11 is 0. The maximum atomic E-state index is 12.0. The standard InChI is InChI=1S/C29H50O4/c1-6-8-20-24-17-19(30)13-15-29(24,5)23-14-16-28(4)21(10-11-22(28)26(23)27(20)32)18(3)9-12-25(31)33-7-2/h18-24,26-27,30,32H,6-17H2,1-5H3/t18-,19?,20+,21-,22?,23?,24+,26?,27-,28-,29-/m1/s1. The molecule has 0 aromatic rings. The van der Waals surface area contributed by atoms with E-state index in [4.69, 9.17) is 4.74 Å². The molecule has 0 aromatic carbocycles. The van der Waals surface area contributed by atoms with E-state index in [2.05, 4.69) is 27.7 Å². The monoisotopic (exact) mass is 462 g/mol. The van der Waals surface area contributed by atoms with Crippen molar-refractivity contribution in [1.82, 2.24) is 0 Å². The summed E-state index contributed by atoms with van der Waals surface area (Å²) in [6.45, 7) is 12.0. The van der Waals surface area contributed by atoms with Crippen LogP contribution in [0.2, 0.25) is 0 Å². The molecule has 11 atom stereocenters. The van der Waals surface area contributed by atoms with Crippen molar-refractivity contribution in [3.63, 3.8) is 0 Å². The van der Waals surface area contributed by atoms with Crippen LogP contribution in [0.1, 0.15) is 105 Å². The van der Waals surface area contributed by atoms with Crippen LogP contribution in [0.3, 0.4) is 0 Å². The van der Waals surface area contributed by atoms with Crippen molar-refractivity contribution in [2.75, 3.05) is 6.61 Å². The fourth-order valence-corrected chi connectivity index (χ4v) is 9.89. The van der Waals surface area contributed by atoms with Crippen LogP contribution in [0, 0.1) is 52.3 Å². The van der Waals surface area contributed by atoms with Gasteiger partial charge in [-0.25, -0.2) is 0 Å². The molecule has 0 aromatic heterocycles. The van der Waals surface area contributed by atoms with Crippen molar-refractivity contribution in [3.8, 4) is 0 Å². The Hall–Kier alpha value is -0.610. The second-order valence-electron chi connectivity index (χ2n) is 12.8. The van der Waals surface area contributed by atoms with Crippen LogP contribution in [0.4, 0.5) is 0 Å². The van der Waals surface area contributed by atoms with Gasteiger partial charge in [-0.3, -0.25) is 4.79 Å². The fraction of sp³-hybridized carbons (Fsp3) is 0.966. The molecule has 0 aliphatic heterocycles. The largest absolute Gasteiger partial charge is 0.466 e. The summed E-state index contributed by atoms with van der Waals surface area (Å²) in [5.41, 5.74) is 0.530. The van der Waals surface area contributed by atoms with Gasteiger partial charge in [-0.15, -0.1) is 0 Å². The highest BCUT2D eigenvalue weighted by molar-refractivity contribution is 5.69. The zero-order valence-corrected chi connectivity index (χ0v) is 21.9. The van der Waals surface area contributed by atoms with Crippen molar-refractivity contribution >= 4 is 5.97 Å². The van der Waals surface area contributed by atoms with Gasteiger partial charge in [0, 0.05) is 6.42 Å². The topological polar surface area (TPSA) is 66.8 Å². The van der Waals surface area contributed by atoms with E-state index in [1.54, 1.807) is 0 Å².